The molecule has 0 aliphatic heterocycles. The van der Waals surface area contributed by atoms with Gasteiger partial charge in [-0.3, -0.25) is 4.79 Å². The fourth-order valence-electron chi connectivity index (χ4n) is 4.71. The summed E-state index contributed by atoms with van der Waals surface area (Å²) < 4.78 is 0. The van der Waals surface area contributed by atoms with Gasteiger partial charge < -0.3 is 5.11 Å². The summed E-state index contributed by atoms with van der Waals surface area (Å²) in [5.41, 5.74) is 3.60. The molecule has 1 aliphatic carbocycles. The van der Waals surface area contributed by atoms with Crippen LogP contribution in [0.4, 0.5) is 0 Å². The SMILES string of the molecule is CCCCCC(O)c1ccccc1C1CCC(=O)C1CCCc1ccccc1. The maximum atomic E-state index is 12.6. The Labute approximate surface area is 170 Å². The summed E-state index contributed by atoms with van der Waals surface area (Å²) in [6.45, 7) is 2.19. The highest BCUT2D eigenvalue weighted by Crippen LogP contribution is 2.43. The number of hydrogen-bond donors (Lipinski definition) is 1. The lowest BCUT2D eigenvalue weighted by molar-refractivity contribution is -0.121. The molecule has 28 heavy (non-hydrogen) atoms. The monoisotopic (exact) mass is 378 g/mol. The second-order valence-electron chi connectivity index (χ2n) is 8.24. The Morgan fingerprint density at radius 2 is 1.75 bits per heavy atom. The zero-order valence-electron chi connectivity index (χ0n) is 17.1. The molecule has 0 amide bonds. The third-order valence-electron chi connectivity index (χ3n) is 6.26. The molecular weight excluding hydrogens is 344 g/mol. The van der Waals surface area contributed by atoms with Crippen LogP contribution in [0.1, 0.15) is 87.0 Å². The van der Waals surface area contributed by atoms with E-state index in [1.54, 1.807) is 0 Å². The van der Waals surface area contributed by atoms with Gasteiger partial charge in [-0.2, -0.15) is 0 Å². The summed E-state index contributed by atoms with van der Waals surface area (Å²) in [4.78, 5) is 12.6. The molecule has 1 N–H and O–H groups in total. The van der Waals surface area contributed by atoms with E-state index in [9.17, 15) is 9.90 Å². The molecule has 2 nitrogen and oxygen atoms in total. The number of ketones is 1. The summed E-state index contributed by atoms with van der Waals surface area (Å²) in [5, 5.41) is 10.8. The number of aliphatic hydroxyl groups is 1. The van der Waals surface area contributed by atoms with Crippen LogP contribution < -0.4 is 0 Å². The Kier molecular flexibility index (Phi) is 7.85. The van der Waals surface area contributed by atoms with Crippen molar-refractivity contribution in [2.45, 2.75) is 76.7 Å². The first kappa shape index (κ1) is 20.8. The molecule has 3 rings (SSSR count). The third-order valence-corrected chi connectivity index (χ3v) is 6.26. The first-order valence-electron chi connectivity index (χ1n) is 11.0. The van der Waals surface area contributed by atoms with Crippen LogP contribution in [-0.2, 0) is 11.2 Å². The predicted octanol–water partition coefficient (Wildman–Crippen LogP) is 6.39. The van der Waals surface area contributed by atoms with Crippen molar-refractivity contribution in [2.75, 3.05) is 0 Å². The van der Waals surface area contributed by atoms with Gasteiger partial charge in [-0.1, -0.05) is 80.8 Å². The number of hydrogen-bond acceptors (Lipinski definition) is 2. The van der Waals surface area contributed by atoms with Crippen molar-refractivity contribution in [2.24, 2.45) is 5.92 Å². The van der Waals surface area contributed by atoms with Crippen molar-refractivity contribution < 1.29 is 9.90 Å². The molecule has 0 saturated heterocycles. The number of benzene rings is 2. The predicted molar refractivity (Wildman–Crippen MR) is 115 cm³/mol. The largest absolute Gasteiger partial charge is 0.388 e. The smallest absolute Gasteiger partial charge is 0.136 e. The van der Waals surface area contributed by atoms with Crippen molar-refractivity contribution in [3.63, 3.8) is 0 Å². The minimum absolute atomic E-state index is 0.104. The van der Waals surface area contributed by atoms with E-state index < -0.39 is 6.10 Å². The van der Waals surface area contributed by atoms with Gasteiger partial charge in [0.05, 0.1) is 6.10 Å². The molecule has 3 unspecified atom stereocenters. The van der Waals surface area contributed by atoms with Crippen LogP contribution >= 0.6 is 0 Å². The van der Waals surface area contributed by atoms with Gasteiger partial charge in [0.2, 0.25) is 0 Å². The van der Waals surface area contributed by atoms with Gasteiger partial charge in [0.15, 0.2) is 0 Å². The second-order valence-corrected chi connectivity index (χ2v) is 8.24. The highest BCUT2D eigenvalue weighted by Gasteiger charge is 2.36. The molecule has 1 aliphatic rings. The van der Waals surface area contributed by atoms with E-state index in [1.807, 2.05) is 12.1 Å². The molecule has 1 saturated carbocycles. The normalized spacial score (nSPS) is 20.4. The van der Waals surface area contributed by atoms with Crippen molar-refractivity contribution in [1.82, 2.24) is 0 Å². The van der Waals surface area contributed by atoms with Gasteiger partial charge in [0.25, 0.3) is 0 Å². The summed E-state index contributed by atoms with van der Waals surface area (Å²) in [7, 11) is 0. The molecular formula is C26H34O2. The zero-order valence-corrected chi connectivity index (χ0v) is 17.1. The first-order chi connectivity index (χ1) is 13.7. The van der Waals surface area contributed by atoms with Gasteiger partial charge in [-0.15, -0.1) is 0 Å². The van der Waals surface area contributed by atoms with Gasteiger partial charge in [0.1, 0.15) is 5.78 Å². The molecule has 2 heteroatoms. The third kappa shape index (κ3) is 5.32. The lowest BCUT2D eigenvalue weighted by atomic mass is 9.81. The molecule has 2 aromatic rings. The number of aliphatic hydroxyl groups excluding tert-OH is 1. The Morgan fingerprint density at radius 1 is 1.00 bits per heavy atom. The Balaban J connectivity index is 1.68. The summed E-state index contributed by atoms with van der Waals surface area (Å²) >= 11 is 0. The number of unbranched alkanes of at least 4 members (excludes halogenated alkanes) is 2. The van der Waals surface area contributed by atoms with Gasteiger partial charge in [-0.05, 0) is 54.7 Å². The molecule has 0 spiro atoms. The average Bonchev–Trinajstić information content (AvgIpc) is 3.09. The van der Waals surface area contributed by atoms with E-state index in [0.29, 0.717) is 12.2 Å². The minimum atomic E-state index is -0.413. The summed E-state index contributed by atoms with van der Waals surface area (Å²) in [6, 6.07) is 18.8. The Hall–Kier alpha value is -1.93. The van der Waals surface area contributed by atoms with Crippen LogP contribution in [-0.4, -0.2) is 10.9 Å². The molecule has 0 bridgehead atoms. The molecule has 0 heterocycles. The number of carbonyl (C=O) groups is 1. The molecule has 0 aromatic heterocycles. The number of Topliss-reactive ketones (excluding diaryl/α,β-unsaturated/α-hetero) is 1. The van der Waals surface area contributed by atoms with Crippen molar-refractivity contribution in [3.05, 3.63) is 71.3 Å². The number of aryl methyl sites for hydroxylation is 1. The second kappa shape index (κ2) is 10.6. The molecule has 1 fully saturated rings. The quantitative estimate of drug-likeness (QED) is 0.487. The van der Waals surface area contributed by atoms with E-state index in [4.69, 9.17) is 0 Å². The lowest BCUT2D eigenvalue weighted by Crippen LogP contribution is -2.16. The van der Waals surface area contributed by atoms with Crippen molar-refractivity contribution in [1.29, 1.82) is 0 Å². The van der Waals surface area contributed by atoms with E-state index in [2.05, 4.69) is 49.4 Å². The van der Waals surface area contributed by atoms with Gasteiger partial charge in [0, 0.05) is 12.3 Å². The lowest BCUT2D eigenvalue weighted by Gasteiger charge is -2.24. The molecule has 3 atom stereocenters. The van der Waals surface area contributed by atoms with Crippen LogP contribution in [0.15, 0.2) is 54.6 Å². The first-order valence-corrected chi connectivity index (χ1v) is 11.0. The average molecular weight is 379 g/mol. The van der Waals surface area contributed by atoms with Crippen LogP contribution in [0.5, 0.6) is 0 Å². The van der Waals surface area contributed by atoms with Crippen LogP contribution in [0.25, 0.3) is 0 Å². The molecule has 0 radical (unpaired) electrons. The fraction of sp³-hybridized carbons (Fsp3) is 0.500. The Morgan fingerprint density at radius 3 is 2.54 bits per heavy atom. The molecule has 2 aromatic carbocycles. The topological polar surface area (TPSA) is 37.3 Å². The maximum Gasteiger partial charge on any atom is 0.136 e. The van der Waals surface area contributed by atoms with Crippen LogP contribution in [0.2, 0.25) is 0 Å². The highest BCUT2D eigenvalue weighted by atomic mass is 16.3. The maximum absolute atomic E-state index is 12.6. The van der Waals surface area contributed by atoms with Crippen LogP contribution in [0.3, 0.4) is 0 Å². The van der Waals surface area contributed by atoms with Gasteiger partial charge in [-0.25, -0.2) is 0 Å². The van der Waals surface area contributed by atoms with E-state index in [1.165, 1.54) is 11.1 Å². The highest BCUT2D eigenvalue weighted by molar-refractivity contribution is 5.84. The Bertz CT molecular complexity index is 737. The number of rotatable bonds is 10. The zero-order chi connectivity index (χ0) is 19.8. The molecule has 150 valence electrons. The standard InChI is InChI=1S/C26H34O2/c1-2-3-5-17-25(27)23-15-9-8-14-21(23)22-18-19-26(28)24(22)16-10-13-20-11-6-4-7-12-20/h4,6-9,11-12,14-15,22,24-25,27H,2-3,5,10,13,16-19H2,1H3. The van der Waals surface area contributed by atoms with Crippen molar-refractivity contribution in [3.8, 4) is 0 Å². The van der Waals surface area contributed by atoms with Crippen LogP contribution in [0, 0.1) is 5.92 Å². The van der Waals surface area contributed by atoms with E-state index in [0.717, 1.165) is 56.9 Å². The fourth-order valence-corrected chi connectivity index (χ4v) is 4.71. The number of carbonyl (C=O) groups excluding carboxylic acids is 1. The van der Waals surface area contributed by atoms with E-state index in [-0.39, 0.29) is 11.8 Å². The summed E-state index contributed by atoms with van der Waals surface area (Å²) in [6.07, 6.45) is 8.38. The van der Waals surface area contributed by atoms with E-state index >= 15 is 0 Å². The minimum Gasteiger partial charge on any atom is -0.388 e. The van der Waals surface area contributed by atoms with Crippen molar-refractivity contribution >= 4 is 5.78 Å². The summed E-state index contributed by atoms with van der Waals surface area (Å²) in [5.74, 6) is 0.779. The van der Waals surface area contributed by atoms with Gasteiger partial charge >= 0.3 is 0 Å².